The van der Waals surface area contributed by atoms with E-state index in [1.165, 1.54) is 11.1 Å². The Morgan fingerprint density at radius 3 is 2.52 bits per heavy atom. The number of nitrogens with one attached hydrogen (secondary N) is 2. The molecule has 0 heterocycles. The van der Waals surface area contributed by atoms with E-state index in [1.54, 1.807) is 0 Å². The Morgan fingerprint density at radius 1 is 1.00 bits per heavy atom. The third-order valence-electron chi connectivity index (χ3n) is 5.64. The molecule has 2 N–H and O–H groups in total. The molecule has 2 aromatic carbocycles. The van der Waals surface area contributed by atoms with Crippen LogP contribution in [0.2, 0.25) is 0 Å². The molecule has 0 saturated carbocycles. The van der Waals surface area contributed by atoms with E-state index in [2.05, 4.69) is 83.5 Å². The summed E-state index contributed by atoms with van der Waals surface area (Å²) in [7, 11) is 1.82. The van der Waals surface area contributed by atoms with E-state index < -0.39 is 0 Å². The van der Waals surface area contributed by atoms with Gasteiger partial charge < -0.3 is 15.4 Å². The van der Waals surface area contributed by atoms with Crippen LogP contribution in [0.1, 0.15) is 30.0 Å². The summed E-state index contributed by atoms with van der Waals surface area (Å²) in [4.78, 5) is 0. The highest BCUT2D eigenvalue weighted by molar-refractivity contribution is 5.50. The maximum atomic E-state index is 5.76. The van der Waals surface area contributed by atoms with Crippen molar-refractivity contribution in [2.45, 2.75) is 36.9 Å². The molecule has 4 rings (SSSR count). The molecule has 0 amide bonds. The van der Waals surface area contributed by atoms with Crippen molar-refractivity contribution in [2.24, 2.45) is 0 Å². The van der Waals surface area contributed by atoms with Crippen molar-refractivity contribution in [3.8, 4) is 0 Å². The lowest BCUT2D eigenvalue weighted by atomic mass is 9.89. The molecule has 2 aliphatic rings. The summed E-state index contributed by atoms with van der Waals surface area (Å²) in [6.07, 6.45) is 12.3. The van der Waals surface area contributed by atoms with Gasteiger partial charge in [0.05, 0.1) is 17.7 Å². The lowest BCUT2D eigenvalue weighted by Gasteiger charge is -2.33. The van der Waals surface area contributed by atoms with Crippen molar-refractivity contribution in [2.75, 3.05) is 19.0 Å². The molecule has 3 heteroatoms. The van der Waals surface area contributed by atoms with Crippen LogP contribution >= 0.6 is 0 Å². The molecule has 27 heavy (non-hydrogen) atoms. The van der Waals surface area contributed by atoms with Gasteiger partial charge in [-0.3, -0.25) is 0 Å². The normalized spacial score (nSPS) is 22.6. The summed E-state index contributed by atoms with van der Waals surface area (Å²) >= 11 is 0. The van der Waals surface area contributed by atoms with Crippen LogP contribution in [0, 0.1) is 0 Å². The van der Waals surface area contributed by atoms with Gasteiger partial charge in [-0.1, -0.05) is 66.8 Å². The Bertz CT molecular complexity index is 800. The van der Waals surface area contributed by atoms with E-state index in [0.29, 0.717) is 0 Å². The van der Waals surface area contributed by atoms with Crippen LogP contribution in [0.25, 0.3) is 0 Å². The van der Waals surface area contributed by atoms with Crippen molar-refractivity contribution in [1.82, 2.24) is 5.32 Å². The van der Waals surface area contributed by atoms with Crippen LogP contribution in [0.4, 0.5) is 5.69 Å². The minimum Gasteiger partial charge on any atom is -0.379 e. The average Bonchev–Trinajstić information content (AvgIpc) is 3.07. The number of rotatable bonds is 7. The first kappa shape index (κ1) is 18.0. The molecule has 2 aromatic rings. The van der Waals surface area contributed by atoms with E-state index in [9.17, 15) is 0 Å². The summed E-state index contributed by atoms with van der Waals surface area (Å²) in [5.41, 5.74) is 3.78. The minimum atomic E-state index is -0.146. The second-order valence-electron chi connectivity index (χ2n) is 7.43. The zero-order chi connectivity index (χ0) is 18.5. The smallest absolute Gasteiger partial charge is 0.0806 e. The topological polar surface area (TPSA) is 33.3 Å². The number of anilines is 1. The highest BCUT2D eigenvalue weighted by atomic mass is 16.5. The largest absolute Gasteiger partial charge is 0.379 e. The molecule has 140 valence electrons. The standard InChI is InChI=1S/C24H28N2O/c1-27-22-18-19-10-6-7-13-21(19)23(22)25-17-16-24(14-8-3-9-15-24)26-20-11-4-2-5-12-20/h2,4-15,22-23,25-26H,3,16-18H2,1H3/t22-,23+/m1/s1. The van der Waals surface area contributed by atoms with Crippen molar-refractivity contribution >= 4 is 5.69 Å². The predicted octanol–water partition coefficient (Wildman–Crippen LogP) is 4.65. The maximum absolute atomic E-state index is 5.76. The van der Waals surface area contributed by atoms with E-state index in [4.69, 9.17) is 4.74 Å². The molecule has 0 saturated heterocycles. The van der Waals surface area contributed by atoms with Gasteiger partial charge in [0, 0.05) is 19.2 Å². The highest BCUT2D eigenvalue weighted by Gasteiger charge is 2.33. The van der Waals surface area contributed by atoms with Gasteiger partial charge in [0.15, 0.2) is 0 Å². The SMILES string of the molecule is CO[C@@H]1Cc2ccccc2[C@@H]1NCCC1(Nc2ccccc2)C=CCC=C1. The van der Waals surface area contributed by atoms with Gasteiger partial charge in [0.1, 0.15) is 0 Å². The Labute approximate surface area is 162 Å². The minimum absolute atomic E-state index is 0.146. The summed E-state index contributed by atoms with van der Waals surface area (Å²) in [6, 6.07) is 19.4. The number of fused-ring (bicyclic) bond motifs is 1. The van der Waals surface area contributed by atoms with Gasteiger partial charge in [-0.15, -0.1) is 0 Å². The van der Waals surface area contributed by atoms with Crippen molar-refractivity contribution < 1.29 is 4.74 Å². The molecule has 0 fully saturated rings. The van der Waals surface area contributed by atoms with Gasteiger partial charge in [0.2, 0.25) is 0 Å². The molecular formula is C24H28N2O. The second kappa shape index (κ2) is 8.12. The Kier molecular flexibility index (Phi) is 5.42. The summed E-state index contributed by atoms with van der Waals surface area (Å²) < 4.78 is 5.76. The first-order valence-corrected chi connectivity index (χ1v) is 9.82. The van der Waals surface area contributed by atoms with E-state index in [1.807, 2.05) is 13.2 Å². The molecular weight excluding hydrogens is 332 g/mol. The Hall–Kier alpha value is -2.36. The zero-order valence-electron chi connectivity index (χ0n) is 15.9. The monoisotopic (exact) mass is 360 g/mol. The molecule has 0 aromatic heterocycles. The number of methoxy groups -OCH3 is 1. The van der Waals surface area contributed by atoms with Gasteiger partial charge in [-0.25, -0.2) is 0 Å². The molecule has 0 radical (unpaired) electrons. The lowest BCUT2D eigenvalue weighted by Crippen LogP contribution is -2.40. The van der Waals surface area contributed by atoms with Gasteiger partial charge in [0.25, 0.3) is 0 Å². The molecule has 2 atom stereocenters. The number of para-hydroxylation sites is 1. The van der Waals surface area contributed by atoms with Crippen molar-refractivity contribution in [3.05, 3.63) is 90.0 Å². The quantitative estimate of drug-likeness (QED) is 0.706. The van der Waals surface area contributed by atoms with Crippen LogP contribution < -0.4 is 10.6 Å². The van der Waals surface area contributed by atoms with E-state index in [0.717, 1.165) is 31.5 Å². The molecule has 0 aliphatic heterocycles. The van der Waals surface area contributed by atoms with E-state index >= 15 is 0 Å². The van der Waals surface area contributed by atoms with Gasteiger partial charge >= 0.3 is 0 Å². The third kappa shape index (κ3) is 4.00. The zero-order valence-corrected chi connectivity index (χ0v) is 15.9. The summed E-state index contributed by atoms with van der Waals surface area (Å²) in [5, 5.41) is 7.48. The van der Waals surface area contributed by atoms with Crippen molar-refractivity contribution in [1.29, 1.82) is 0 Å². The molecule has 0 unspecified atom stereocenters. The Balaban J connectivity index is 1.45. The second-order valence-corrected chi connectivity index (χ2v) is 7.43. The lowest BCUT2D eigenvalue weighted by molar-refractivity contribution is 0.0787. The number of benzene rings is 2. The molecule has 0 bridgehead atoms. The molecule has 3 nitrogen and oxygen atoms in total. The van der Waals surface area contributed by atoms with E-state index in [-0.39, 0.29) is 17.7 Å². The van der Waals surface area contributed by atoms with Crippen molar-refractivity contribution in [3.63, 3.8) is 0 Å². The average molecular weight is 361 g/mol. The molecule has 2 aliphatic carbocycles. The number of hydrogen-bond donors (Lipinski definition) is 2. The third-order valence-corrected chi connectivity index (χ3v) is 5.64. The van der Waals surface area contributed by atoms with Gasteiger partial charge in [-0.2, -0.15) is 0 Å². The fourth-order valence-electron chi connectivity index (χ4n) is 4.25. The van der Waals surface area contributed by atoms with Crippen LogP contribution in [0.3, 0.4) is 0 Å². The maximum Gasteiger partial charge on any atom is 0.0806 e. The first-order chi connectivity index (χ1) is 13.3. The van der Waals surface area contributed by atoms with Crippen LogP contribution in [0.5, 0.6) is 0 Å². The Morgan fingerprint density at radius 2 is 1.74 bits per heavy atom. The van der Waals surface area contributed by atoms with Crippen LogP contribution in [-0.2, 0) is 11.2 Å². The number of hydrogen-bond acceptors (Lipinski definition) is 3. The highest BCUT2D eigenvalue weighted by Crippen LogP contribution is 2.33. The van der Waals surface area contributed by atoms with Crippen LogP contribution in [-0.4, -0.2) is 25.3 Å². The predicted molar refractivity (Wildman–Crippen MR) is 112 cm³/mol. The summed E-state index contributed by atoms with van der Waals surface area (Å²) in [6.45, 7) is 0.910. The first-order valence-electron chi connectivity index (χ1n) is 9.82. The number of ether oxygens (including phenoxy) is 1. The van der Waals surface area contributed by atoms with Gasteiger partial charge in [-0.05, 0) is 42.6 Å². The van der Waals surface area contributed by atoms with Crippen LogP contribution in [0.15, 0.2) is 78.9 Å². The number of allylic oxidation sites excluding steroid dienone is 2. The fraction of sp³-hybridized carbons (Fsp3) is 0.333. The fourth-order valence-corrected chi connectivity index (χ4v) is 4.25. The molecule has 0 spiro atoms. The summed E-state index contributed by atoms with van der Waals surface area (Å²) in [5.74, 6) is 0.